The summed E-state index contributed by atoms with van der Waals surface area (Å²) >= 11 is 0. The van der Waals surface area contributed by atoms with Gasteiger partial charge in [-0.05, 0) is 35.7 Å². The predicted octanol–water partition coefficient (Wildman–Crippen LogP) is 4.14. The van der Waals surface area contributed by atoms with Crippen molar-refractivity contribution >= 4 is 27.6 Å². The van der Waals surface area contributed by atoms with Gasteiger partial charge in [-0.3, -0.25) is 9.59 Å². The first-order valence-corrected chi connectivity index (χ1v) is 10.2. The van der Waals surface area contributed by atoms with Gasteiger partial charge in [-0.25, -0.2) is 17.6 Å². The van der Waals surface area contributed by atoms with Crippen LogP contribution in [0, 0.1) is 11.6 Å². The van der Waals surface area contributed by atoms with E-state index in [9.17, 15) is 27.2 Å². The lowest BCUT2D eigenvalue weighted by Gasteiger charge is -2.34. The van der Waals surface area contributed by atoms with E-state index in [4.69, 9.17) is 0 Å². The van der Waals surface area contributed by atoms with Gasteiger partial charge in [0.05, 0.1) is 11.4 Å². The highest BCUT2D eigenvalue weighted by molar-refractivity contribution is 5.99. The van der Waals surface area contributed by atoms with Crippen molar-refractivity contribution in [2.24, 2.45) is 0 Å². The van der Waals surface area contributed by atoms with Gasteiger partial charge in [0.15, 0.2) is 0 Å². The number of aromatic nitrogens is 2. The molecular formula is C23H18F4N4O2. The molecule has 170 valence electrons. The molecule has 0 radical (unpaired) electrons. The molecular weight excluding hydrogens is 440 g/mol. The predicted molar refractivity (Wildman–Crippen MR) is 114 cm³/mol. The Labute approximate surface area is 184 Å². The lowest BCUT2D eigenvalue weighted by Crippen LogP contribution is -2.42. The van der Waals surface area contributed by atoms with E-state index in [1.54, 1.807) is 7.05 Å². The summed E-state index contributed by atoms with van der Waals surface area (Å²) in [5.41, 5.74) is 0.430. The van der Waals surface area contributed by atoms with Gasteiger partial charge in [0, 0.05) is 47.9 Å². The fourth-order valence-electron chi connectivity index (χ4n) is 4.52. The number of likely N-dealkylation sites (N-methyl/N-ethyl adjacent to an activating group) is 1. The molecule has 10 heteroatoms. The molecule has 1 aliphatic rings. The van der Waals surface area contributed by atoms with Gasteiger partial charge in [-0.2, -0.15) is 0 Å². The molecule has 1 amide bonds. The highest BCUT2D eigenvalue weighted by atomic mass is 19.3. The van der Waals surface area contributed by atoms with Crippen LogP contribution in [0.3, 0.4) is 0 Å². The Hall–Kier alpha value is -3.66. The van der Waals surface area contributed by atoms with Gasteiger partial charge in [0.1, 0.15) is 17.3 Å². The third-order valence-corrected chi connectivity index (χ3v) is 6.07. The molecule has 1 atom stereocenters. The summed E-state index contributed by atoms with van der Waals surface area (Å²) < 4.78 is 54.3. The van der Waals surface area contributed by atoms with Gasteiger partial charge in [-0.15, -0.1) is 0 Å². The quantitative estimate of drug-likeness (QED) is 0.404. The number of fused-ring (bicyclic) bond motifs is 4. The SMILES string of the molecule is CN(C(=O)c1cc2c(C(F)F)cc(F)cc2[nH]1)C1CNCc2[nH]c(=O)c3cc(F)ccc3c21. The molecule has 0 fully saturated rings. The second-order valence-electron chi connectivity index (χ2n) is 8.04. The highest BCUT2D eigenvalue weighted by Gasteiger charge is 2.31. The molecule has 0 bridgehead atoms. The number of pyridine rings is 1. The summed E-state index contributed by atoms with van der Waals surface area (Å²) in [6.45, 7) is 0.713. The fourth-order valence-corrected chi connectivity index (χ4v) is 4.52. The number of H-pyrrole nitrogens is 2. The minimum Gasteiger partial charge on any atom is -0.350 e. The lowest BCUT2D eigenvalue weighted by atomic mass is 9.94. The Morgan fingerprint density at radius 1 is 1.03 bits per heavy atom. The average Bonchev–Trinajstić information content (AvgIpc) is 3.21. The number of carbonyl (C=O) groups excluding carboxylic acids is 1. The number of rotatable bonds is 3. The number of aromatic amines is 2. The lowest BCUT2D eigenvalue weighted by molar-refractivity contribution is 0.0718. The van der Waals surface area contributed by atoms with Crippen molar-refractivity contribution in [3.63, 3.8) is 0 Å². The molecule has 1 aliphatic heterocycles. The summed E-state index contributed by atoms with van der Waals surface area (Å²) in [5, 5.41) is 3.91. The number of hydrogen-bond acceptors (Lipinski definition) is 3. The molecule has 3 heterocycles. The first-order valence-electron chi connectivity index (χ1n) is 10.2. The van der Waals surface area contributed by atoms with E-state index in [1.165, 1.54) is 23.1 Å². The Kier molecular flexibility index (Phi) is 4.97. The summed E-state index contributed by atoms with van der Waals surface area (Å²) in [6.07, 6.45) is -2.90. The van der Waals surface area contributed by atoms with Crippen LogP contribution in [0.25, 0.3) is 21.7 Å². The van der Waals surface area contributed by atoms with E-state index in [0.29, 0.717) is 29.7 Å². The minimum absolute atomic E-state index is 0.0203. The number of alkyl halides is 2. The zero-order valence-electron chi connectivity index (χ0n) is 17.3. The van der Waals surface area contributed by atoms with Gasteiger partial charge in [0.25, 0.3) is 17.9 Å². The summed E-state index contributed by atoms with van der Waals surface area (Å²) in [6, 6.07) is 6.46. The molecule has 33 heavy (non-hydrogen) atoms. The Balaban J connectivity index is 1.59. The molecule has 2 aromatic heterocycles. The van der Waals surface area contributed by atoms with E-state index in [-0.39, 0.29) is 22.0 Å². The van der Waals surface area contributed by atoms with Crippen molar-refractivity contribution in [2.75, 3.05) is 13.6 Å². The van der Waals surface area contributed by atoms with Crippen LogP contribution in [0.4, 0.5) is 17.6 Å². The van der Waals surface area contributed by atoms with Gasteiger partial charge in [0.2, 0.25) is 0 Å². The third kappa shape index (κ3) is 3.46. The summed E-state index contributed by atoms with van der Waals surface area (Å²) in [7, 11) is 1.55. The largest absolute Gasteiger partial charge is 0.350 e. The maximum Gasteiger partial charge on any atom is 0.270 e. The molecule has 0 spiro atoms. The molecule has 2 aromatic carbocycles. The zero-order chi connectivity index (χ0) is 23.4. The van der Waals surface area contributed by atoms with Gasteiger partial charge in [-0.1, -0.05) is 6.07 Å². The van der Waals surface area contributed by atoms with E-state index < -0.39 is 41.1 Å². The molecule has 0 saturated carbocycles. The minimum atomic E-state index is -2.90. The van der Waals surface area contributed by atoms with E-state index in [0.717, 1.165) is 18.2 Å². The van der Waals surface area contributed by atoms with Crippen molar-refractivity contribution in [3.8, 4) is 0 Å². The van der Waals surface area contributed by atoms with Crippen LogP contribution < -0.4 is 10.9 Å². The molecule has 1 unspecified atom stereocenters. The van der Waals surface area contributed by atoms with Crippen LogP contribution in [0.1, 0.15) is 39.8 Å². The van der Waals surface area contributed by atoms with Crippen LogP contribution in [-0.2, 0) is 6.54 Å². The summed E-state index contributed by atoms with van der Waals surface area (Å²) in [5.74, 6) is -1.89. The standard InChI is InChI=1S/C23H18F4N4O2/c1-31(23(33)17-7-13-14(21(26)27)5-11(25)6-16(13)29-17)19-9-28-8-18-20(19)12-3-2-10(24)4-15(12)22(32)30-18/h2-7,19,21,28-29H,8-9H2,1H3,(H,30,32). The monoisotopic (exact) mass is 458 g/mol. The van der Waals surface area contributed by atoms with Gasteiger partial charge < -0.3 is 20.2 Å². The first-order chi connectivity index (χ1) is 15.7. The van der Waals surface area contributed by atoms with Crippen molar-refractivity contribution in [3.05, 3.63) is 80.9 Å². The van der Waals surface area contributed by atoms with Crippen molar-refractivity contribution in [2.45, 2.75) is 19.0 Å². The normalized spacial score (nSPS) is 15.9. The smallest absolute Gasteiger partial charge is 0.270 e. The van der Waals surface area contributed by atoms with Crippen molar-refractivity contribution in [1.29, 1.82) is 0 Å². The molecule has 0 saturated heterocycles. The second kappa shape index (κ2) is 7.73. The third-order valence-electron chi connectivity index (χ3n) is 6.07. The van der Waals surface area contributed by atoms with Crippen molar-refractivity contribution < 1.29 is 22.4 Å². The van der Waals surface area contributed by atoms with E-state index in [2.05, 4.69) is 15.3 Å². The molecule has 4 aromatic rings. The summed E-state index contributed by atoms with van der Waals surface area (Å²) in [4.78, 5) is 32.6. The number of nitrogens with one attached hydrogen (secondary N) is 3. The maximum atomic E-state index is 13.8. The first kappa shape index (κ1) is 21.2. The molecule has 5 rings (SSSR count). The van der Waals surface area contributed by atoms with E-state index in [1.807, 2.05) is 0 Å². The Bertz CT molecular complexity index is 1480. The fraction of sp³-hybridized carbons (Fsp3) is 0.217. The van der Waals surface area contributed by atoms with Crippen molar-refractivity contribution in [1.82, 2.24) is 20.2 Å². The number of amides is 1. The molecule has 6 nitrogen and oxygen atoms in total. The van der Waals surface area contributed by atoms with Crippen LogP contribution in [-0.4, -0.2) is 34.4 Å². The van der Waals surface area contributed by atoms with Crippen LogP contribution in [0.2, 0.25) is 0 Å². The second-order valence-corrected chi connectivity index (χ2v) is 8.04. The number of halogens is 4. The Morgan fingerprint density at radius 2 is 1.82 bits per heavy atom. The van der Waals surface area contributed by atoms with E-state index >= 15 is 0 Å². The highest BCUT2D eigenvalue weighted by Crippen LogP contribution is 2.33. The van der Waals surface area contributed by atoms with Crippen LogP contribution >= 0.6 is 0 Å². The van der Waals surface area contributed by atoms with Crippen LogP contribution in [0.5, 0.6) is 0 Å². The maximum absolute atomic E-state index is 13.8. The average molecular weight is 458 g/mol. The van der Waals surface area contributed by atoms with Gasteiger partial charge >= 0.3 is 0 Å². The number of hydrogen-bond donors (Lipinski definition) is 3. The Morgan fingerprint density at radius 3 is 2.58 bits per heavy atom. The molecule has 3 N–H and O–H groups in total. The number of carbonyl (C=O) groups is 1. The number of benzene rings is 2. The molecule has 0 aliphatic carbocycles. The topological polar surface area (TPSA) is 81.0 Å². The number of nitrogens with zero attached hydrogens (tertiary/aromatic N) is 1. The van der Waals surface area contributed by atoms with Crippen LogP contribution in [0.15, 0.2) is 41.2 Å². The zero-order valence-corrected chi connectivity index (χ0v) is 17.3.